The Labute approximate surface area is 186 Å². The molecule has 154 valence electrons. The normalized spacial score (nSPS) is 9.97. The highest BCUT2D eigenvalue weighted by Gasteiger charge is 2.28. The molecule has 0 fully saturated rings. The number of carboxylic acid groups (broad SMARTS) is 4. The topological polar surface area (TPSA) is 149 Å². The average molecular weight is 504 g/mol. The van der Waals surface area contributed by atoms with E-state index in [-0.39, 0.29) is 26.2 Å². The van der Waals surface area contributed by atoms with Crippen LogP contribution in [0.5, 0.6) is 0 Å². The van der Waals surface area contributed by atoms with E-state index < -0.39 is 45.0 Å². The first-order valence-corrected chi connectivity index (χ1v) is 8.79. The molecule has 0 aliphatic carbocycles. The van der Waals surface area contributed by atoms with Crippen molar-refractivity contribution in [1.29, 1.82) is 0 Å². The molecule has 0 bridgehead atoms. The summed E-state index contributed by atoms with van der Waals surface area (Å²) >= 11 is 27.9. The van der Waals surface area contributed by atoms with E-state index in [1.807, 2.05) is 0 Å². The van der Waals surface area contributed by atoms with E-state index in [2.05, 4.69) is 0 Å². The van der Waals surface area contributed by atoms with Gasteiger partial charge in [0.25, 0.3) is 0 Å². The zero-order valence-corrected chi connectivity index (χ0v) is 17.3. The van der Waals surface area contributed by atoms with Crippen molar-refractivity contribution in [2.24, 2.45) is 0 Å². The number of carboxylic acids is 4. The minimum Gasteiger partial charge on any atom is -0.478 e. The molecule has 0 atom stereocenters. The van der Waals surface area contributed by atoms with Crippen LogP contribution in [-0.2, 0) is 0 Å². The van der Waals surface area contributed by atoms with Crippen LogP contribution in [0.3, 0.4) is 0 Å². The number of hydrogen-bond donors (Lipinski definition) is 4. The molecule has 0 radical (unpaired) electrons. The first kappa shape index (κ1) is 24.8. The van der Waals surface area contributed by atoms with Gasteiger partial charge in [0.15, 0.2) is 0 Å². The van der Waals surface area contributed by atoms with E-state index in [1.165, 1.54) is 18.2 Å². The van der Waals surface area contributed by atoms with Crippen LogP contribution < -0.4 is 0 Å². The molecule has 0 aromatic heterocycles. The third-order valence-electron chi connectivity index (χ3n) is 3.15. The summed E-state index contributed by atoms with van der Waals surface area (Å²) in [5.41, 5.74) is -2.06. The van der Waals surface area contributed by atoms with E-state index in [0.29, 0.717) is 0 Å². The molecule has 8 nitrogen and oxygen atoms in total. The molecule has 0 aliphatic rings. The van der Waals surface area contributed by atoms with Gasteiger partial charge in [-0.3, -0.25) is 0 Å². The molecule has 0 amide bonds. The Kier molecular flexibility index (Phi) is 8.55. The Morgan fingerprint density at radius 1 is 0.552 bits per heavy atom. The summed E-state index contributed by atoms with van der Waals surface area (Å²) < 4.78 is 0. The molecule has 4 N–H and O–H groups in total. The molecule has 29 heavy (non-hydrogen) atoms. The summed E-state index contributed by atoms with van der Waals surface area (Å²) in [4.78, 5) is 42.9. The lowest BCUT2D eigenvalue weighted by molar-refractivity contribution is 0.0651. The highest BCUT2D eigenvalue weighted by Crippen LogP contribution is 2.41. The van der Waals surface area contributed by atoms with Crippen molar-refractivity contribution in [3.63, 3.8) is 0 Å². The Hall–Kier alpha value is -2.23. The van der Waals surface area contributed by atoms with Crippen molar-refractivity contribution in [1.82, 2.24) is 0 Å². The number of halogens is 5. The summed E-state index contributed by atoms with van der Waals surface area (Å²) in [6.45, 7) is 0. The Balaban J connectivity index is 0.000000296. The van der Waals surface area contributed by atoms with Crippen LogP contribution in [0.4, 0.5) is 0 Å². The van der Waals surface area contributed by atoms with Gasteiger partial charge in [-0.05, 0) is 12.1 Å². The summed E-state index contributed by atoms with van der Waals surface area (Å²) in [5, 5.41) is 33.3. The van der Waals surface area contributed by atoms with Crippen molar-refractivity contribution < 1.29 is 39.6 Å². The smallest absolute Gasteiger partial charge is 0.338 e. The highest BCUT2D eigenvalue weighted by molar-refractivity contribution is 6.54. The van der Waals surface area contributed by atoms with E-state index in [1.54, 1.807) is 0 Å². The third kappa shape index (κ3) is 5.43. The lowest BCUT2D eigenvalue weighted by Gasteiger charge is -2.10. The van der Waals surface area contributed by atoms with Crippen molar-refractivity contribution in [3.8, 4) is 0 Å². The first-order chi connectivity index (χ1) is 13.3. The van der Waals surface area contributed by atoms with Gasteiger partial charge in [-0.1, -0.05) is 64.1 Å². The largest absolute Gasteiger partial charge is 0.478 e. The minimum atomic E-state index is -1.55. The predicted octanol–water partition coefficient (Wildman–Crippen LogP) is 5.43. The quantitative estimate of drug-likeness (QED) is 0.318. The molecule has 0 unspecified atom stereocenters. The van der Waals surface area contributed by atoms with E-state index >= 15 is 0 Å². The maximum absolute atomic E-state index is 10.9. The molecule has 0 aliphatic heterocycles. The van der Waals surface area contributed by atoms with Gasteiger partial charge >= 0.3 is 23.9 Å². The molecule has 2 aromatic carbocycles. The number of rotatable bonds is 4. The van der Waals surface area contributed by atoms with Gasteiger partial charge in [0.05, 0.1) is 47.4 Å². The van der Waals surface area contributed by atoms with Gasteiger partial charge < -0.3 is 20.4 Å². The Morgan fingerprint density at radius 2 is 0.931 bits per heavy atom. The molecule has 2 rings (SSSR count). The van der Waals surface area contributed by atoms with Gasteiger partial charge in [0, 0.05) is 0 Å². The van der Waals surface area contributed by atoms with E-state index in [0.717, 1.165) is 0 Å². The highest BCUT2D eigenvalue weighted by atomic mass is 35.5. The zero-order valence-electron chi connectivity index (χ0n) is 13.5. The second kappa shape index (κ2) is 10.00. The van der Waals surface area contributed by atoms with E-state index in [4.69, 9.17) is 78.4 Å². The van der Waals surface area contributed by atoms with Gasteiger partial charge in [-0.25, -0.2) is 19.2 Å². The molecule has 0 saturated heterocycles. The first-order valence-electron chi connectivity index (χ1n) is 6.90. The Bertz CT molecular complexity index is 990. The van der Waals surface area contributed by atoms with Crippen LogP contribution in [-0.4, -0.2) is 44.3 Å². The maximum Gasteiger partial charge on any atom is 0.338 e. The summed E-state index contributed by atoms with van der Waals surface area (Å²) in [6, 6.07) is 3.91. The van der Waals surface area contributed by atoms with Crippen LogP contribution >= 0.6 is 58.0 Å². The van der Waals surface area contributed by atoms with Gasteiger partial charge in [0.1, 0.15) is 0 Å². The van der Waals surface area contributed by atoms with Crippen LogP contribution in [0.2, 0.25) is 25.1 Å². The van der Waals surface area contributed by atoms with Gasteiger partial charge in [-0.2, -0.15) is 0 Å². The lowest BCUT2D eigenvalue weighted by Crippen LogP contribution is -2.10. The number of benzene rings is 2. The van der Waals surface area contributed by atoms with Gasteiger partial charge in [-0.15, -0.1) is 0 Å². The summed E-state index contributed by atoms with van der Waals surface area (Å²) in [5.74, 6) is -5.76. The fourth-order valence-electron chi connectivity index (χ4n) is 1.95. The number of aromatic carboxylic acids is 4. The Morgan fingerprint density at radius 3 is 1.21 bits per heavy atom. The average Bonchev–Trinajstić information content (AvgIpc) is 2.62. The second-order valence-corrected chi connectivity index (χ2v) is 6.81. The zero-order chi connectivity index (χ0) is 22.6. The number of hydrogen-bond acceptors (Lipinski definition) is 4. The van der Waals surface area contributed by atoms with Crippen molar-refractivity contribution in [3.05, 3.63) is 65.6 Å². The third-order valence-corrected chi connectivity index (χ3v) is 5.27. The molecular formula is C16H7Cl5O8. The predicted molar refractivity (Wildman–Crippen MR) is 106 cm³/mol. The van der Waals surface area contributed by atoms with Crippen molar-refractivity contribution in [2.75, 3.05) is 0 Å². The van der Waals surface area contributed by atoms with Crippen molar-refractivity contribution in [2.45, 2.75) is 0 Å². The fourth-order valence-corrected chi connectivity index (χ4v) is 3.22. The molecule has 0 saturated carbocycles. The van der Waals surface area contributed by atoms with Crippen LogP contribution in [0, 0.1) is 0 Å². The molecule has 13 heteroatoms. The van der Waals surface area contributed by atoms with Crippen LogP contribution in [0.15, 0.2) is 18.2 Å². The molecular weight excluding hydrogens is 497 g/mol. The molecule has 2 aromatic rings. The number of carbonyl (C=O) groups is 4. The second-order valence-electron chi connectivity index (χ2n) is 4.89. The van der Waals surface area contributed by atoms with Crippen molar-refractivity contribution >= 4 is 81.9 Å². The summed E-state index contributed by atoms with van der Waals surface area (Å²) in [6.07, 6.45) is 0. The monoisotopic (exact) mass is 502 g/mol. The van der Waals surface area contributed by atoms with E-state index in [9.17, 15) is 19.2 Å². The molecule has 0 spiro atoms. The maximum atomic E-state index is 10.9. The van der Waals surface area contributed by atoms with Crippen LogP contribution in [0.25, 0.3) is 0 Å². The van der Waals surface area contributed by atoms with Crippen LogP contribution in [0.1, 0.15) is 41.4 Å². The molecule has 0 heterocycles. The SMILES string of the molecule is O=C(O)c1c(Cl)c(Cl)c(Cl)c(Cl)c1C(=O)O.O=C(O)c1cccc(Cl)c1C(=O)O. The fraction of sp³-hybridized carbons (Fsp3) is 0. The lowest BCUT2D eigenvalue weighted by atomic mass is 10.1. The van der Waals surface area contributed by atoms with Gasteiger partial charge in [0.2, 0.25) is 0 Å². The minimum absolute atomic E-state index is 0.0765. The summed E-state index contributed by atoms with van der Waals surface area (Å²) in [7, 11) is 0. The standard InChI is InChI=1S/C8H2Cl4O4.C8H5ClO4/c9-3-1(7(13)14)2(8(15)16)4(10)6(12)5(3)11;9-5-3-1-2-4(7(10)11)6(5)8(12)13/h(H,13,14)(H,15,16);1-3H,(H,10,11)(H,12,13).